The van der Waals surface area contributed by atoms with E-state index in [4.69, 9.17) is 4.74 Å². The Morgan fingerprint density at radius 3 is 1.93 bits per heavy atom. The Labute approximate surface area is 166 Å². The van der Waals surface area contributed by atoms with Gasteiger partial charge in [-0.05, 0) is 6.42 Å². The van der Waals surface area contributed by atoms with Crippen molar-refractivity contribution in [3.8, 4) is 0 Å². The molecular formula is C22H38O4S. The molecule has 1 rings (SSSR count). The topological polar surface area (TPSA) is 60.4 Å². The predicted molar refractivity (Wildman–Crippen MR) is 113 cm³/mol. The van der Waals surface area contributed by atoms with Crippen LogP contribution < -0.4 is 0 Å². The van der Waals surface area contributed by atoms with Crippen LogP contribution >= 0.6 is 0 Å². The van der Waals surface area contributed by atoms with Crippen molar-refractivity contribution in [1.82, 2.24) is 0 Å². The molecule has 4 nitrogen and oxygen atoms in total. The number of allylic oxidation sites excluding steroid dienone is 2. The number of hydrogen-bond donors (Lipinski definition) is 0. The fourth-order valence-electron chi connectivity index (χ4n) is 3.36. The van der Waals surface area contributed by atoms with Gasteiger partial charge in [-0.1, -0.05) is 95.3 Å². The summed E-state index contributed by atoms with van der Waals surface area (Å²) < 4.78 is 27.9. The van der Waals surface area contributed by atoms with E-state index in [1.807, 2.05) is 0 Å². The van der Waals surface area contributed by atoms with E-state index in [2.05, 4.69) is 6.92 Å². The summed E-state index contributed by atoms with van der Waals surface area (Å²) in [6, 6.07) is 0. The summed E-state index contributed by atoms with van der Waals surface area (Å²) in [5.41, 5.74) is 1.32. The molecule has 0 amide bonds. The zero-order chi connectivity index (χ0) is 20.0. The minimum absolute atomic E-state index is 0.0129. The van der Waals surface area contributed by atoms with Crippen molar-refractivity contribution in [3.05, 3.63) is 23.3 Å². The van der Waals surface area contributed by atoms with Crippen LogP contribution in [0.5, 0.6) is 0 Å². The van der Waals surface area contributed by atoms with Crippen LogP contribution in [-0.2, 0) is 19.4 Å². The average Bonchev–Trinajstić information content (AvgIpc) is 3.05. The van der Waals surface area contributed by atoms with Crippen LogP contribution in [0.2, 0.25) is 0 Å². The molecule has 0 saturated carbocycles. The number of esters is 1. The molecule has 1 aliphatic rings. The first-order valence-corrected chi connectivity index (χ1v) is 12.7. The summed E-state index contributed by atoms with van der Waals surface area (Å²) in [7, 11) is -3.05. The number of carbonyl (C=O) groups excluding carboxylic acids is 1. The second-order valence-electron chi connectivity index (χ2n) is 7.79. The van der Waals surface area contributed by atoms with Crippen molar-refractivity contribution in [1.29, 1.82) is 0 Å². The smallest absolute Gasteiger partial charge is 0.334 e. The summed E-state index contributed by atoms with van der Waals surface area (Å²) in [5, 5.41) is 0. The Morgan fingerprint density at radius 2 is 1.41 bits per heavy atom. The summed E-state index contributed by atoms with van der Waals surface area (Å²) in [6.07, 6.45) is 20.4. The van der Waals surface area contributed by atoms with Gasteiger partial charge in [-0.15, -0.1) is 0 Å². The molecule has 27 heavy (non-hydrogen) atoms. The molecule has 0 bridgehead atoms. The second-order valence-corrected chi connectivity index (χ2v) is 9.93. The molecule has 0 N–H and O–H groups in total. The van der Waals surface area contributed by atoms with Crippen molar-refractivity contribution in [2.24, 2.45) is 0 Å². The highest BCUT2D eigenvalue weighted by Crippen LogP contribution is 2.21. The van der Waals surface area contributed by atoms with Gasteiger partial charge in [0.15, 0.2) is 9.84 Å². The summed E-state index contributed by atoms with van der Waals surface area (Å²) in [5.74, 6) is -0.295. The van der Waals surface area contributed by atoms with Gasteiger partial charge in [0, 0.05) is 18.2 Å². The third kappa shape index (κ3) is 12.8. The highest BCUT2D eigenvalue weighted by atomic mass is 32.2. The third-order valence-electron chi connectivity index (χ3n) is 4.88. The molecule has 0 aromatic carbocycles. The molecule has 1 aliphatic carbocycles. The van der Waals surface area contributed by atoms with E-state index in [-0.39, 0.29) is 11.7 Å². The number of ether oxygens (including phenoxy) is 1. The van der Waals surface area contributed by atoms with E-state index in [1.165, 1.54) is 70.5 Å². The van der Waals surface area contributed by atoms with Gasteiger partial charge < -0.3 is 4.74 Å². The van der Waals surface area contributed by atoms with Gasteiger partial charge in [0.05, 0.1) is 12.4 Å². The Kier molecular flexibility index (Phi) is 12.4. The van der Waals surface area contributed by atoms with Crippen LogP contribution in [0, 0.1) is 0 Å². The Morgan fingerprint density at radius 1 is 0.889 bits per heavy atom. The quantitative estimate of drug-likeness (QED) is 0.253. The zero-order valence-corrected chi connectivity index (χ0v) is 18.1. The molecule has 0 radical (unpaired) electrons. The molecule has 0 saturated heterocycles. The van der Waals surface area contributed by atoms with Crippen LogP contribution in [0.4, 0.5) is 0 Å². The van der Waals surface area contributed by atoms with Crippen LogP contribution in [0.1, 0.15) is 90.4 Å². The Balaban J connectivity index is 1.92. The largest absolute Gasteiger partial charge is 0.462 e. The first kappa shape index (κ1) is 23.9. The molecule has 156 valence electrons. The minimum atomic E-state index is -3.05. The van der Waals surface area contributed by atoms with Gasteiger partial charge in [0.1, 0.15) is 0 Å². The van der Waals surface area contributed by atoms with Gasteiger partial charge in [0.25, 0.3) is 0 Å². The molecule has 0 heterocycles. The molecule has 0 unspecified atom stereocenters. The summed E-state index contributed by atoms with van der Waals surface area (Å²) in [4.78, 5) is 12.0. The van der Waals surface area contributed by atoms with Gasteiger partial charge in [-0.25, -0.2) is 13.2 Å². The molecule has 0 aliphatic heterocycles. The van der Waals surface area contributed by atoms with Crippen molar-refractivity contribution >= 4 is 15.8 Å². The lowest BCUT2D eigenvalue weighted by molar-refractivity contribution is -0.139. The maximum absolute atomic E-state index is 12.0. The highest BCUT2D eigenvalue weighted by molar-refractivity contribution is 7.90. The van der Waals surface area contributed by atoms with E-state index in [0.29, 0.717) is 18.6 Å². The van der Waals surface area contributed by atoms with E-state index in [0.717, 1.165) is 18.4 Å². The fourth-order valence-corrected chi connectivity index (χ4v) is 4.23. The first-order valence-electron chi connectivity index (χ1n) is 10.7. The van der Waals surface area contributed by atoms with E-state index < -0.39 is 9.84 Å². The SMILES string of the molecule is CCCCCCCCCCCCCCOC(=O)C1=CC=C(CS(C)(=O)=O)C1. The Bertz CT molecular complexity index is 587. The predicted octanol–water partition coefficient (Wildman–Crippen LogP) is 5.53. The number of unbranched alkanes of at least 4 members (excludes halogenated alkanes) is 11. The maximum atomic E-state index is 12.0. The van der Waals surface area contributed by atoms with Crippen molar-refractivity contribution in [2.75, 3.05) is 18.6 Å². The van der Waals surface area contributed by atoms with Crippen molar-refractivity contribution in [3.63, 3.8) is 0 Å². The van der Waals surface area contributed by atoms with E-state index >= 15 is 0 Å². The third-order valence-corrected chi connectivity index (χ3v) is 5.77. The van der Waals surface area contributed by atoms with Gasteiger partial charge in [0.2, 0.25) is 0 Å². The highest BCUT2D eigenvalue weighted by Gasteiger charge is 2.19. The standard InChI is InChI=1S/C22H38O4S/c1-3-4-5-6-7-8-9-10-11-12-13-14-17-26-22(23)21-16-15-20(18-21)19-27(2,24)25/h15-16H,3-14,17-19H2,1-2H3. The second kappa shape index (κ2) is 14.0. The first-order chi connectivity index (χ1) is 12.9. The molecule has 5 heteroatoms. The lowest BCUT2D eigenvalue weighted by Crippen LogP contribution is -2.10. The van der Waals surface area contributed by atoms with Crippen molar-refractivity contribution in [2.45, 2.75) is 90.4 Å². The van der Waals surface area contributed by atoms with E-state index in [1.54, 1.807) is 12.2 Å². The van der Waals surface area contributed by atoms with Crippen LogP contribution in [0.15, 0.2) is 23.3 Å². The molecule has 0 aromatic heterocycles. The van der Waals surface area contributed by atoms with Crippen LogP contribution in [0.25, 0.3) is 0 Å². The van der Waals surface area contributed by atoms with E-state index in [9.17, 15) is 13.2 Å². The van der Waals surface area contributed by atoms with Gasteiger partial charge in [-0.3, -0.25) is 0 Å². The molecule has 0 atom stereocenters. The number of carbonyl (C=O) groups is 1. The van der Waals surface area contributed by atoms with Crippen LogP contribution in [-0.4, -0.2) is 33.0 Å². The molecule has 0 spiro atoms. The number of sulfone groups is 1. The average molecular weight is 399 g/mol. The normalized spacial score (nSPS) is 14.1. The van der Waals surface area contributed by atoms with Crippen LogP contribution in [0.3, 0.4) is 0 Å². The molecule has 0 fully saturated rings. The summed E-state index contributed by atoms with van der Waals surface area (Å²) in [6.45, 7) is 2.71. The lowest BCUT2D eigenvalue weighted by Gasteiger charge is -2.07. The van der Waals surface area contributed by atoms with Crippen molar-refractivity contribution < 1.29 is 17.9 Å². The number of hydrogen-bond acceptors (Lipinski definition) is 4. The minimum Gasteiger partial charge on any atom is -0.462 e. The van der Waals surface area contributed by atoms with Gasteiger partial charge >= 0.3 is 5.97 Å². The monoisotopic (exact) mass is 398 g/mol. The summed E-state index contributed by atoms with van der Waals surface area (Å²) >= 11 is 0. The number of rotatable bonds is 16. The van der Waals surface area contributed by atoms with Gasteiger partial charge in [-0.2, -0.15) is 0 Å². The Hall–Kier alpha value is -1.10. The fraction of sp³-hybridized carbons (Fsp3) is 0.773. The zero-order valence-electron chi connectivity index (χ0n) is 17.3. The molecular weight excluding hydrogens is 360 g/mol. The lowest BCUT2D eigenvalue weighted by atomic mass is 10.1. The maximum Gasteiger partial charge on any atom is 0.334 e. The molecule has 0 aromatic rings.